The molecule has 0 bridgehead atoms. The molecule has 0 unspecified atom stereocenters. The van der Waals surface area contributed by atoms with Crippen LogP contribution in [0.4, 0.5) is 11.6 Å². The second kappa shape index (κ2) is 5.60. The van der Waals surface area contributed by atoms with Crippen LogP contribution in [-0.2, 0) is 0 Å². The van der Waals surface area contributed by atoms with E-state index in [4.69, 9.17) is 29.6 Å². The molecule has 7 heteroatoms. The molecule has 0 radical (unpaired) electrons. The van der Waals surface area contributed by atoms with Crippen molar-refractivity contribution in [1.82, 2.24) is 9.97 Å². The van der Waals surface area contributed by atoms with E-state index < -0.39 is 0 Å². The summed E-state index contributed by atoms with van der Waals surface area (Å²) in [6.07, 6.45) is 1.59. The van der Waals surface area contributed by atoms with Crippen LogP contribution in [0.1, 0.15) is 5.69 Å². The summed E-state index contributed by atoms with van der Waals surface area (Å²) in [7, 11) is 0. The standard InChI is InChI=1S/C11H8BrClN4S/c12-9-6(13)2-1-3-7(9)16-11-15-5-4-8(17-11)10(14)18/h1-5H,(H2,14,18)(H,15,16,17). The summed E-state index contributed by atoms with van der Waals surface area (Å²) in [5, 5.41) is 3.64. The highest BCUT2D eigenvalue weighted by atomic mass is 79.9. The lowest BCUT2D eigenvalue weighted by Gasteiger charge is -2.08. The molecule has 4 nitrogen and oxygen atoms in total. The average Bonchev–Trinajstić information content (AvgIpc) is 2.35. The van der Waals surface area contributed by atoms with Crippen LogP contribution in [0.3, 0.4) is 0 Å². The third-order valence-electron chi connectivity index (χ3n) is 2.11. The topological polar surface area (TPSA) is 63.8 Å². The SMILES string of the molecule is NC(=S)c1ccnc(Nc2cccc(Cl)c2Br)n1. The van der Waals surface area contributed by atoms with Crippen molar-refractivity contribution >= 4 is 56.4 Å². The normalized spacial score (nSPS) is 10.1. The molecular formula is C11H8BrClN4S. The molecule has 0 amide bonds. The fourth-order valence-electron chi connectivity index (χ4n) is 1.28. The summed E-state index contributed by atoms with van der Waals surface area (Å²) in [6.45, 7) is 0. The minimum Gasteiger partial charge on any atom is -0.388 e. The van der Waals surface area contributed by atoms with Crippen LogP contribution in [0.15, 0.2) is 34.9 Å². The lowest BCUT2D eigenvalue weighted by Crippen LogP contribution is -2.12. The molecule has 3 N–H and O–H groups in total. The summed E-state index contributed by atoms with van der Waals surface area (Å²) in [4.78, 5) is 8.50. The van der Waals surface area contributed by atoms with Crippen molar-refractivity contribution in [3.63, 3.8) is 0 Å². The van der Waals surface area contributed by atoms with Gasteiger partial charge in [-0.1, -0.05) is 29.9 Å². The first-order valence-electron chi connectivity index (χ1n) is 4.92. The second-order valence-corrected chi connectivity index (χ2v) is 5.00. The van der Waals surface area contributed by atoms with E-state index in [0.717, 1.165) is 10.2 Å². The van der Waals surface area contributed by atoms with E-state index in [-0.39, 0.29) is 4.99 Å². The van der Waals surface area contributed by atoms with Gasteiger partial charge in [0, 0.05) is 6.20 Å². The third kappa shape index (κ3) is 2.95. The van der Waals surface area contributed by atoms with E-state index in [2.05, 4.69) is 31.2 Å². The Morgan fingerprint density at radius 2 is 2.17 bits per heavy atom. The fraction of sp³-hybridized carbons (Fsp3) is 0. The molecule has 1 heterocycles. The lowest BCUT2D eigenvalue weighted by molar-refractivity contribution is 1.15. The molecule has 0 saturated heterocycles. The first-order chi connectivity index (χ1) is 8.58. The molecule has 92 valence electrons. The number of hydrogen-bond acceptors (Lipinski definition) is 4. The first kappa shape index (κ1) is 13.2. The van der Waals surface area contributed by atoms with E-state index in [9.17, 15) is 0 Å². The number of rotatable bonds is 3. The Morgan fingerprint density at radius 1 is 1.39 bits per heavy atom. The van der Waals surface area contributed by atoms with E-state index >= 15 is 0 Å². The Kier molecular flexibility index (Phi) is 4.11. The van der Waals surface area contributed by atoms with Gasteiger partial charge in [-0.25, -0.2) is 9.97 Å². The van der Waals surface area contributed by atoms with E-state index in [1.54, 1.807) is 18.3 Å². The van der Waals surface area contributed by atoms with Crippen molar-refractivity contribution in [1.29, 1.82) is 0 Å². The van der Waals surface area contributed by atoms with Crippen LogP contribution in [0, 0.1) is 0 Å². The van der Waals surface area contributed by atoms with Gasteiger partial charge in [-0.15, -0.1) is 0 Å². The van der Waals surface area contributed by atoms with Gasteiger partial charge in [0.1, 0.15) is 10.7 Å². The van der Waals surface area contributed by atoms with E-state index in [1.807, 2.05) is 12.1 Å². The molecule has 1 aromatic heterocycles. The van der Waals surface area contributed by atoms with Gasteiger partial charge in [0.15, 0.2) is 0 Å². The maximum Gasteiger partial charge on any atom is 0.227 e. The summed E-state index contributed by atoms with van der Waals surface area (Å²) in [5.74, 6) is 0.406. The molecule has 0 spiro atoms. The van der Waals surface area contributed by atoms with E-state index in [1.165, 1.54) is 0 Å². The Hall–Kier alpha value is -1.24. The van der Waals surface area contributed by atoms with E-state index in [0.29, 0.717) is 16.7 Å². The maximum absolute atomic E-state index is 5.99. The van der Waals surface area contributed by atoms with Crippen molar-refractivity contribution in [3.8, 4) is 0 Å². The largest absolute Gasteiger partial charge is 0.388 e. The maximum atomic E-state index is 5.99. The summed E-state index contributed by atoms with van der Waals surface area (Å²) in [5.41, 5.74) is 6.79. The predicted molar refractivity (Wildman–Crippen MR) is 80.4 cm³/mol. The highest BCUT2D eigenvalue weighted by molar-refractivity contribution is 9.10. The number of nitrogens with two attached hydrogens (primary N) is 1. The molecule has 0 aliphatic heterocycles. The number of nitrogens with one attached hydrogen (secondary N) is 1. The minimum atomic E-state index is 0.227. The van der Waals surface area contributed by atoms with Gasteiger partial charge < -0.3 is 11.1 Å². The van der Waals surface area contributed by atoms with Gasteiger partial charge >= 0.3 is 0 Å². The number of thiocarbonyl (C=S) groups is 1. The molecule has 2 aromatic rings. The van der Waals surface area contributed by atoms with Crippen LogP contribution in [0.5, 0.6) is 0 Å². The van der Waals surface area contributed by atoms with Crippen molar-refractivity contribution in [2.75, 3.05) is 5.32 Å². The number of nitrogens with zero attached hydrogens (tertiary/aromatic N) is 2. The second-order valence-electron chi connectivity index (χ2n) is 3.36. The van der Waals surface area contributed by atoms with Gasteiger partial charge in [0.25, 0.3) is 0 Å². The summed E-state index contributed by atoms with van der Waals surface area (Å²) >= 11 is 14.2. The quantitative estimate of drug-likeness (QED) is 0.837. The lowest BCUT2D eigenvalue weighted by atomic mass is 10.3. The highest BCUT2D eigenvalue weighted by Crippen LogP contribution is 2.31. The molecule has 0 saturated carbocycles. The summed E-state index contributed by atoms with van der Waals surface area (Å²) < 4.78 is 0.746. The Labute approximate surface area is 123 Å². The first-order valence-corrected chi connectivity index (χ1v) is 6.50. The zero-order valence-corrected chi connectivity index (χ0v) is 12.2. The average molecular weight is 344 g/mol. The van der Waals surface area contributed by atoms with Gasteiger partial charge in [-0.3, -0.25) is 0 Å². The zero-order valence-electron chi connectivity index (χ0n) is 9.02. The molecular weight excluding hydrogens is 336 g/mol. The van der Waals surface area contributed by atoms with Crippen LogP contribution in [0.25, 0.3) is 0 Å². The number of hydrogen-bond donors (Lipinski definition) is 2. The summed E-state index contributed by atoms with van der Waals surface area (Å²) in [6, 6.07) is 7.11. The zero-order chi connectivity index (χ0) is 13.1. The molecule has 0 aliphatic rings. The van der Waals surface area contributed by atoms with Crippen LogP contribution in [-0.4, -0.2) is 15.0 Å². The highest BCUT2D eigenvalue weighted by Gasteiger charge is 2.06. The van der Waals surface area contributed by atoms with Crippen LogP contribution >= 0.6 is 39.7 Å². The van der Waals surface area contributed by atoms with Crippen molar-refractivity contribution in [3.05, 3.63) is 45.7 Å². The molecule has 1 aromatic carbocycles. The van der Waals surface area contributed by atoms with Gasteiger partial charge in [-0.2, -0.15) is 0 Å². The predicted octanol–water partition coefficient (Wildman–Crippen LogP) is 3.27. The minimum absolute atomic E-state index is 0.227. The Morgan fingerprint density at radius 3 is 2.89 bits per heavy atom. The number of anilines is 2. The van der Waals surface area contributed by atoms with Gasteiger partial charge in [-0.05, 0) is 34.1 Å². The monoisotopic (exact) mass is 342 g/mol. The number of benzene rings is 1. The Bertz CT molecular complexity index is 605. The number of halogens is 2. The molecule has 2 rings (SSSR count). The molecule has 0 fully saturated rings. The van der Waals surface area contributed by atoms with Crippen LogP contribution in [0.2, 0.25) is 5.02 Å². The smallest absolute Gasteiger partial charge is 0.227 e. The molecule has 0 atom stereocenters. The molecule has 18 heavy (non-hydrogen) atoms. The number of aromatic nitrogens is 2. The molecule has 0 aliphatic carbocycles. The third-order valence-corrected chi connectivity index (χ3v) is 3.71. The van der Waals surface area contributed by atoms with Crippen LogP contribution < -0.4 is 11.1 Å². The van der Waals surface area contributed by atoms with Gasteiger partial charge in [0.05, 0.1) is 15.2 Å². The van der Waals surface area contributed by atoms with Crippen molar-refractivity contribution < 1.29 is 0 Å². The van der Waals surface area contributed by atoms with Crippen molar-refractivity contribution in [2.24, 2.45) is 5.73 Å². The van der Waals surface area contributed by atoms with Gasteiger partial charge in [0.2, 0.25) is 5.95 Å². The fourth-order valence-corrected chi connectivity index (χ4v) is 1.93. The Balaban J connectivity index is 2.31. The van der Waals surface area contributed by atoms with Crippen molar-refractivity contribution in [2.45, 2.75) is 0 Å².